The number of hydrogen-bond donors (Lipinski definition) is 1. The summed E-state index contributed by atoms with van der Waals surface area (Å²) in [5, 5.41) is 0. The minimum Gasteiger partial charge on any atom is -0.397 e. The number of hydrogen-bond acceptors (Lipinski definition) is 2. The normalized spacial score (nSPS) is 16.3. The van der Waals surface area contributed by atoms with Crippen LogP contribution in [0.2, 0.25) is 0 Å². The van der Waals surface area contributed by atoms with E-state index in [0.717, 1.165) is 18.2 Å². The lowest BCUT2D eigenvalue weighted by atomic mass is 10.1. The van der Waals surface area contributed by atoms with E-state index in [-0.39, 0.29) is 0 Å². The number of nitrogens with zero attached hydrogens (tertiary/aromatic N) is 1. The van der Waals surface area contributed by atoms with Crippen molar-refractivity contribution in [3.63, 3.8) is 0 Å². The molecule has 1 fully saturated rings. The van der Waals surface area contributed by atoms with Gasteiger partial charge in [0.1, 0.15) is 0 Å². The SMILES string of the molecule is CCCN(CC1CCCC1)c1ccccc1N. The Morgan fingerprint density at radius 3 is 2.59 bits per heavy atom. The lowest BCUT2D eigenvalue weighted by Gasteiger charge is -2.28. The van der Waals surface area contributed by atoms with Crippen LogP contribution < -0.4 is 10.6 Å². The number of rotatable bonds is 5. The van der Waals surface area contributed by atoms with Gasteiger partial charge in [-0.15, -0.1) is 0 Å². The Labute approximate surface area is 105 Å². The molecule has 0 aromatic heterocycles. The second-order valence-corrected chi connectivity index (χ2v) is 5.16. The predicted molar refractivity (Wildman–Crippen MR) is 75.3 cm³/mol. The molecule has 1 aliphatic rings. The fourth-order valence-electron chi connectivity index (χ4n) is 2.86. The molecule has 2 N–H and O–H groups in total. The van der Waals surface area contributed by atoms with Crippen LogP contribution in [0.5, 0.6) is 0 Å². The number of para-hydroxylation sites is 2. The molecule has 1 aromatic carbocycles. The largest absolute Gasteiger partial charge is 0.397 e. The van der Waals surface area contributed by atoms with Crippen molar-refractivity contribution >= 4 is 11.4 Å². The zero-order valence-electron chi connectivity index (χ0n) is 10.9. The number of benzene rings is 1. The molecule has 0 spiro atoms. The quantitative estimate of drug-likeness (QED) is 0.785. The van der Waals surface area contributed by atoms with Crippen molar-refractivity contribution in [3.05, 3.63) is 24.3 Å². The third-order valence-electron chi connectivity index (χ3n) is 3.72. The maximum absolute atomic E-state index is 6.08. The van der Waals surface area contributed by atoms with Crippen LogP contribution in [0.15, 0.2) is 24.3 Å². The topological polar surface area (TPSA) is 29.3 Å². The molecular weight excluding hydrogens is 208 g/mol. The molecule has 0 radical (unpaired) electrons. The van der Waals surface area contributed by atoms with Crippen molar-refractivity contribution < 1.29 is 0 Å². The molecular formula is C15H24N2. The van der Waals surface area contributed by atoms with E-state index in [1.807, 2.05) is 12.1 Å². The first-order chi connectivity index (χ1) is 8.31. The van der Waals surface area contributed by atoms with Crippen molar-refractivity contribution in [2.45, 2.75) is 39.0 Å². The van der Waals surface area contributed by atoms with Crippen molar-refractivity contribution in [2.75, 3.05) is 23.7 Å². The van der Waals surface area contributed by atoms with Gasteiger partial charge in [0.05, 0.1) is 11.4 Å². The number of anilines is 2. The highest BCUT2D eigenvalue weighted by atomic mass is 15.1. The van der Waals surface area contributed by atoms with Crippen LogP contribution in [0.1, 0.15) is 39.0 Å². The first-order valence-corrected chi connectivity index (χ1v) is 6.90. The highest BCUT2D eigenvalue weighted by Crippen LogP contribution is 2.29. The van der Waals surface area contributed by atoms with Crippen molar-refractivity contribution in [2.24, 2.45) is 5.92 Å². The summed E-state index contributed by atoms with van der Waals surface area (Å²) < 4.78 is 0. The summed E-state index contributed by atoms with van der Waals surface area (Å²) in [7, 11) is 0. The molecule has 17 heavy (non-hydrogen) atoms. The number of nitrogen functional groups attached to an aromatic ring is 1. The minimum atomic E-state index is 0.876. The van der Waals surface area contributed by atoms with Gasteiger partial charge in [-0.1, -0.05) is 31.9 Å². The van der Waals surface area contributed by atoms with Gasteiger partial charge < -0.3 is 10.6 Å². The van der Waals surface area contributed by atoms with Gasteiger partial charge >= 0.3 is 0 Å². The first-order valence-electron chi connectivity index (χ1n) is 6.90. The second kappa shape index (κ2) is 5.95. The van der Waals surface area contributed by atoms with Crippen LogP contribution in [-0.4, -0.2) is 13.1 Å². The van der Waals surface area contributed by atoms with Gasteiger partial charge in [0.15, 0.2) is 0 Å². The maximum atomic E-state index is 6.08. The molecule has 1 aromatic rings. The van der Waals surface area contributed by atoms with E-state index in [1.54, 1.807) is 0 Å². The minimum absolute atomic E-state index is 0.876. The molecule has 2 heteroatoms. The van der Waals surface area contributed by atoms with Gasteiger partial charge in [-0.3, -0.25) is 0 Å². The first kappa shape index (κ1) is 12.3. The van der Waals surface area contributed by atoms with Gasteiger partial charge in [-0.25, -0.2) is 0 Å². The zero-order chi connectivity index (χ0) is 12.1. The second-order valence-electron chi connectivity index (χ2n) is 5.16. The molecule has 0 atom stereocenters. The molecule has 0 saturated heterocycles. The van der Waals surface area contributed by atoms with Crippen molar-refractivity contribution in [3.8, 4) is 0 Å². The lowest BCUT2D eigenvalue weighted by molar-refractivity contribution is 0.530. The van der Waals surface area contributed by atoms with E-state index in [0.29, 0.717) is 0 Å². The summed E-state index contributed by atoms with van der Waals surface area (Å²) >= 11 is 0. The molecule has 0 amide bonds. The molecule has 0 unspecified atom stereocenters. The van der Waals surface area contributed by atoms with Crippen molar-refractivity contribution in [1.29, 1.82) is 0 Å². The van der Waals surface area contributed by atoms with Gasteiger partial charge in [-0.05, 0) is 37.3 Å². The van der Waals surface area contributed by atoms with Crippen LogP contribution in [0.4, 0.5) is 11.4 Å². The Bertz CT molecular complexity index is 343. The Morgan fingerprint density at radius 2 is 1.94 bits per heavy atom. The average molecular weight is 232 g/mol. The maximum Gasteiger partial charge on any atom is 0.0600 e. The monoisotopic (exact) mass is 232 g/mol. The van der Waals surface area contributed by atoms with Gasteiger partial charge in [-0.2, -0.15) is 0 Å². The van der Waals surface area contributed by atoms with Gasteiger partial charge in [0.2, 0.25) is 0 Å². The molecule has 1 aliphatic carbocycles. The smallest absolute Gasteiger partial charge is 0.0600 e. The highest BCUT2D eigenvalue weighted by molar-refractivity contribution is 5.67. The predicted octanol–water partition coefficient (Wildman–Crippen LogP) is 3.68. The average Bonchev–Trinajstić information content (AvgIpc) is 2.82. The Hall–Kier alpha value is -1.18. The molecule has 0 aliphatic heterocycles. The number of nitrogens with two attached hydrogens (primary N) is 1. The van der Waals surface area contributed by atoms with E-state index in [9.17, 15) is 0 Å². The Kier molecular flexibility index (Phi) is 4.29. The molecule has 0 heterocycles. The van der Waals surface area contributed by atoms with Crippen LogP contribution in [0.3, 0.4) is 0 Å². The van der Waals surface area contributed by atoms with E-state index in [1.165, 1.54) is 44.3 Å². The van der Waals surface area contributed by atoms with Crippen LogP contribution in [-0.2, 0) is 0 Å². The summed E-state index contributed by atoms with van der Waals surface area (Å²) in [6.45, 7) is 4.54. The van der Waals surface area contributed by atoms with Gasteiger partial charge in [0.25, 0.3) is 0 Å². The van der Waals surface area contributed by atoms with E-state index in [4.69, 9.17) is 5.73 Å². The molecule has 94 valence electrons. The summed E-state index contributed by atoms with van der Waals surface area (Å²) in [5.74, 6) is 0.876. The van der Waals surface area contributed by atoms with E-state index < -0.39 is 0 Å². The summed E-state index contributed by atoms with van der Waals surface area (Å²) in [6, 6.07) is 8.26. The molecule has 2 rings (SSSR count). The zero-order valence-corrected chi connectivity index (χ0v) is 10.9. The summed E-state index contributed by atoms with van der Waals surface area (Å²) in [4.78, 5) is 2.48. The van der Waals surface area contributed by atoms with Crippen molar-refractivity contribution in [1.82, 2.24) is 0 Å². The lowest BCUT2D eigenvalue weighted by Crippen LogP contribution is -2.30. The molecule has 2 nitrogen and oxygen atoms in total. The molecule has 0 bridgehead atoms. The third-order valence-corrected chi connectivity index (χ3v) is 3.72. The summed E-state index contributed by atoms with van der Waals surface area (Å²) in [5.41, 5.74) is 8.22. The third kappa shape index (κ3) is 3.15. The van der Waals surface area contributed by atoms with E-state index >= 15 is 0 Å². The Morgan fingerprint density at radius 1 is 1.24 bits per heavy atom. The van der Waals surface area contributed by atoms with Gasteiger partial charge in [0, 0.05) is 13.1 Å². The summed E-state index contributed by atoms with van der Waals surface area (Å²) in [6.07, 6.45) is 6.80. The Balaban J connectivity index is 2.08. The fourth-order valence-corrected chi connectivity index (χ4v) is 2.86. The van der Waals surface area contributed by atoms with Crippen LogP contribution in [0, 0.1) is 5.92 Å². The standard InChI is InChI=1S/C15H24N2/c1-2-11-17(12-13-7-3-4-8-13)15-10-6-5-9-14(15)16/h5-6,9-10,13H,2-4,7-8,11-12,16H2,1H3. The fraction of sp³-hybridized carbons (Fsp3) is 0.600. The van der Waals surface area contributed by atoms with Crippen LogP contribution in [0.25, 0.3) is 0 Å². The van der Waals surface area contributed by atoms with E-state index in [2.05, 4.69) is 24.0 Å². The van der Waals surface area contributed by atoms with Crippen LogP contribution >= 0.6 is 0 Å². The highest BCUT2D eigenvalue weighted by Gasteiger charge is 2.19. The molecule has 1 saturated carbocycles.